The maximum Gasteiger partial charge on any atom is 0.303 e. The van der Waals surface area contributed by atoms with Crippen molar-refractivity contribution in [3.05, 3.63) is 46.6 Å². The van der Waals surface area contributed by atoms with E-state index in [-0.39, 0.29) is 37.2 Å². The number of aryl methyl sites for hydroxylation is 1. The van der Waals surface area contributed by atoms with Crippen LogP contribution in [0.1, 0.15) is 30.5 Å². The van der Waals surface area contributed by atoms with Crippen molar-refractivity contribution in [2.24, 2.45) is 0 Å². The minimum Gasteiger partial charge on any atom is -0.506 e. The summed E-state index contributed by atoms with van der Waals surface area (Å²) in [6.45, 7) is 1.89. The Kier molecular flexibility index (Phi) is 5.93. The Morgan fingerprint density at radius 2 is 1.88 bits per heavy atom. The summed E-state index contributed by atoms with van der Waals surface area (Å²) in [5, 5.41) is 19.2. The van der Waals surface area contributed by atoms with E-state index >= 15 is 0 Å². The molecule has 0 bridgehead atoms. The van der Waals surface area contributed by atoms with Crippen molar-refractivity contribution in [3.63, 3.8) is 0 Å². The van der Waals surface area contributed by atoms with Gasteiger partial charge < -0.3 is 10.2 Å². The maximum absolute atomic E-state index is 11.7. The fraction of sp³-hybridized carbons (Fsp3) is 0.278. The van der Waals surface area contributed by atoms with Gasteiger partial charge >= 0.3 is 5.97 Å². The van der Waals surface area contributed by atoms with Crippen LogP contribution < -0.4 is 0 Å². The van der Waals surface area contributed by atoms with Crippen molar-refractivity contribution < 1.29 is 19.8 Å². The number of ketones is 1. The van der Waals surface area contributed by atoms with E-state index in [1.54, 1.807) is 18.2 Å². The molecule has 1 aromatic carbocycles. The lowest BCUT2D eigenvalue weighted by Gasteiger charge is -2.10. The first-order valence-corrected chi connectivity index (χ1v) is 7.94. The Balaban J connectivity index is 2.16. The fourth-order valence-corrected chi connectivity index (χ4v) is 2.52. The summed E-state index contributed by atoms with van der Waals surface area (Å²) >= 11 is 6.13. The molecule has 0 unspecified atom stereocenters. The van der Waals surface area contributed by atoms with E-state index in [1.807, 2.05) is 19.1 Å². The van der Waals surface area contributed by atoms with E-state index < -0.39 is 5.97 Å². The summed E-state index contributed by atoms with van der Waals surface area (Å²) in [6.07, 6.45) is 0.215. The third kappa shape index (κ3) is 4.55. The quantitative estimate of drug-likeness (QED) is 0.795. The van der Waals surface area contributed by atoms with Gasteiger partial charge in [-0.2, -0.15) is 0 Å². The maximum atomic E-state index is 11.7. The molecule has 0 aliphatic heterocycles. The number of hydrogen-bond donors (Lipinski definition) is 2. The number of carboxylic acids is 1. The highest BCUT2D eigenvalue weighted by molar-refractivity contribution is 6.31. The molecule has 0 aliphatic rings. The van der Waals surface area contributed by atoms with E-state index in [9.17, 15) is 14.7 Å². The predicted octanol–water partition coefficient (Wildman–Crippen LogP) is 3.78. The molecule has 0 spiro atoms. The zero-order valence-electron chi connectivity index (χ0n) is 13.3. The van der Waals surface area contributed by atoms with Crippen LogP contribution in [0.5, 0.6) is 5.75 Å². The summed E-state index contributed by atoms with van der Waals surface area (Å²) in [7, 11) is 0. The molecule has 24 heavy (non-hydrogen) atoms. The van der Waals surface area contributed by atoms with E-state index in [1.165, 1.54) is 0 Å². The van der Waals surface area contributed by atoms with Crippen LogP contribution in [0.2, 0.25) is 5.02 Å². The van der Waals surface area contributed by atoms with Gasteiger partial charge in [-0.05, 0) is 30.7 Å². The molecule has 0 atom stereocenters. The van der Waals surface area contributed by atoms with Gasteiger partial charge in [-0.15, -0.1) is 0 Å². The van der Waals surface area contributed by atoms with Crippen molar-refractivity contribution >= 4 is 23.4 Å². The topological polar surface area (TPSA) is 87.5 Å². The zero-order chi connectivity index (χ0) is 17.7. The number of hydrogen-bond acceptors (Lipinski definition) is 4. The Labute approximate surface area is 144 Å². The number of carbonyl (C=O) groups excluding carboxylic acids is 1. The predicted molar refractivity (Wildman–Crippen MR) is 91.3 cm³/mol. The van der Waals surface area contributed by atoms with Gasteiger partial charge in [0.2, 0.25) is 0 Å². The van der Waals surface area contributed by atoms with Crippen LogP contribution >= 0.6 is 11.6 Å². The molecule has 6 heteroatoms. The highest BCUT2D eigenvalue weighted by atomic mass is 35.5. The Hall–Kier alpha value is -2.40. The second-order valence-electron chi connectivity index (χ2n) is 5.51. The molecule has 2 aromatic rings. The number of halogens is 1. The van der Waals surface area contributed by atoms with Crippen LogP contribution in [0.25, 0.3) is 11.3 Å². The number of carboxylic acid groups (broad SMARTS) is 1. The van der Waals surface area contributed by atoms with Gasteiger partial charge in [-0.1, -0.05) is 23.7 Å². The first kappa shape index (κ1) is 17.9. The number of rotatable bonds is 7. The first-order chi connectivity index (χ1) is 11.4. The van der Waals surface area contributed by atoms with Gasteiger partial charge in [0.05, 0.1) is 17.8 Å². The van der Waals surface area contributed by atoms with Crippen molar-refractivity contribution in [2.75, 3.05) is 0 Å². The van der Waals surface area contributed by atoms with E-state index in [2.05, 4.69) is 4.98 Å². The second-order valence-corrected chi connectivity index (χ2v) is 5.91. The lowest BCUT2D eigenvalue weighted by Crippen LogP contribution is -2.05. The molecule has 1 aromatic heterocycles. The van der Waals surface area contributed by atoms with Gasteiger partial charge in [0, 0.05) is 29.8 Å². The van der Waals surface area contributed by atoms with Crippen LogP contribution in [0.15, 0.2) is 30.3 Å². The summed E-state index contributed by atoms with van der Waals surface area (Å²) in [6, 6.07) is 8.75. The number of nitrogens with zero attached hydrogens (tertiary/aromatic N) is 1. The minimum atomic E-state index is -0.997. The summed E-state index contributed by atoms with van der Waals surface area (Å²) in [5.41, 5.74) is 2.83. The van der Waals surface area contributed by atoms with E-state index in [0.717, 1.165) is 11.1 Å². The molecule has 0 aliphatic carbocycles. The lowest BCUT2D eigenvalue weighted by molar-refractivity contribution is -0.138. The molecule has 5 nitrogen and oxygen atoms in total. The lowest BCUT2D eigenvalue weighted by atomic mass is 10.0. The number of aromatic hydroxyl groups is 1. The number of aliphatic carboxylic acids is 1. The van der Waals surface area contributed by atoms with Crippen LogP contribution in [0.3, 0.4) is 0 Å². The first-order valence-electron chi connectivity index (χ1n) is 7.56. The van der Waals surface area contributed by atoms with Gasteiger partial charge in [-0.25, -0.2) is 4.98 Å². The van der Waals surface area contributed by atoms with E-state index in [0.29, 0.717) is 16.4 Å². The fourth-order valence-electron chi connectivity index (χ4n) is 2.34. The van der Waals surface area contributed by atoms with Crippen LogP contribution in [0, 0.1) is 6.92 Å². The van der Waals surface area contributed by atoms with Crippen molar-refractivity contribution in [1.82, 2.24) is 4.98 Å². The molecule has 2 N–H and O–H groups in total. The van der Waals surface area contributed by atoms with Crippen LogP contribution in [-0.2, 0) is 16.0 Å². The van der Waals surface area contributed by atoms with Gasteiger partial charge in [0.1, 0.15) is 11.5 Å². The SMILES string of the molecule is Cc1c(Cl)cccc1-c1ccc(O)c(CCC(=O)CCC(=O)O)n1. The van der Waals surface area contributed by atoms with Gasteiger partial charge in [-0.3, -0.25) is 9.59 Å². The number of pyridine rings is 1. The van der Waals surface area contributed by atoms with Crippen molar-refractivity contribution in [3.8, 4) is 17.0 Å². The highest BCUT2D eigenvalue weighted by Gasteiger charge is 2.12. The largest absolute Gasteiger partial charge is 0.506 e. The Morgan fingerprint density at radius 3 is 2.58 bits per heavy atom. The van der Waals surface area contributed by atoms with Crippen molar-refractivity contribution in [1.29, 1.82) is 0 Å². The smallest absolute Gasteiger partial charge is 0.303 e. The number of benzene rings is 1. The third-order valence-electron chi connectivity index (χ3n) is 3.75. The molecule has 0 amide bonds. The van der Waals surface area contributed by atoms with Gasteiger partial charge in [0.15, 0.2) is 0 Å². The summed E-state index contributed by atoms with van der Waals surface area (Å²) < 4.78 is 0. The molecule has 0 fully saturated rings. The molecule has 2 rings (SSSR count). The normalized spacial score (nSPS) is 10.6. The van der Waals surface area contributed by atoms with Crippen LogP contribution in [0.4, 0.5) is 0 Å². The number of Topliss-reactive ketones (excluding diaryl/α,β-unsaturated/α-hetero) is 1. The monoisotopic (exact) mass is 347 g/mol. The average Bonchev–Trinajstić information content (AvgIpc) is 2.55. The zero-order valence-corrected chi connectivity index (χ0v) is 14.0. The number of carbonyl (C=O) groups is 2. The molecule has 0 saturated heterocycles. The minimum absolute atomic E-state index is 0.0107. The Bertz CT molecular complexity index is 774. The molecule has 0 saturated carbocycles. The molecular weight excluding hydrogens is 330 g/mol. The summed E-state index contributed by atoms with van der Waals surface area (Å²) in [5.74, 6) is -1.14. The third-order valence-corrected chi connectivity index (χ3v) is 4.16. The number of aromatic nitrogens is 1. The molecular formula is C18H18ClNO4. The molecule has 1 heterocycles. The highest BCUT2D eigenvalue weighted by Crippen LogP contribution is 2.29. The summed E-state index contributed by atoms with van der Waals surface area (Å²) in [4.78, 5) is 26.6. The second kappa shape index (κ2) is 7.93. The Morgan fingerprint density at radius 1 is 1.12 bits per heavy atom. The van der Waals surface area contributed by atoms with Crippen molar-refractivity contribution in [2.45, 2.75) is 32.6 Å². The molecule has 126 valence electrons. The van der Waals surface area contributed by atoms with E-state index in [4.69, 9.17) is 16.7 Å². The average molecular weight is 348 g/mol. The van der Waals surface area contributed by atoms with Crippen LogP contribution in [-0.4, -0.2) is 26.9 Å². The standard InChI is InChI=1S/C18H18ClNO4/c1-11-13(3-2-4-14(11)19)15-8-9-17(22)16(20-15)7-5-12(21)6-10-18(23)24/h2-4,8-9,22H,5-7,10H2,1H3,(H,23,24). The molecule has 0 radical (unpaired) electrons. The van der Waals surface area contributed by atoms with Gasteiger partial charge in [0.25, 0.3) is 0 Å².